The Morgan fingerprint density at radius 2 is 1.89 bits per heavy atom. The van der Waals surface area contributed by atoms with Crippen LogP contribution >= 0.6 is 0 Å². The van der Waals surface area contributed by atoms with Crippen LogP contribution in [0.2, 0.25) is 0 Å². The van der Waals surface area contributed by atoms with Crippen molar-refractivity contribution in [3.63, 3.8) is 0 Å². The van der Waals surface area contributed by atoms with Crippen LogP contribution in [0.3, 0.4) is 0 Å². The number of carbonyl (C=O) groups is 1. The summed E-state index contributed by atoms with van der Waals surface area (Å²) in [5, 5.41) is 8.55. The lowest BCUT2D eigenvalue weighted by atomic mass is 10.2. The minimum atomic E-state index is -0.985. The Hall–Kier alpha value is -2.30. The summed E-state index contributed by atoms with van der Waals surface area (Å²) in [6.07, 6.45) is 0. The zero-order valence-electron chi connectivity index (χ0n) is 11.2. The monoisotopic (exact) mass is 260 g/mol. The van der Waals surface area contributed by atoms with Gasteiger partial charge in [0.1, 0.15) is 11.6 Å². The molecule has 5 nitrogen and oxygen atoms in total. The number of aliphatic carboxylic acids is 1. The molecule has 0 spiro atoms. The van der Waals surface area contributed by atoms with Crippen molar-refractivity contribution >= 4 is 5.97 Å². The Labute approximate surface area is 111 Å². The van der Waals surface area contributed by atoms with E-state index in [0.717, 1.165) is 22.9 Å². The fourth-order valence-corrected chi connectivity index (χ4v) is 2.00. The molecule has 1 heterocycles. The molecule has 0 saturated carbocycles. The van der Waals surface area contributed by atoms with Crippen LogP contribution in [0.1, 0.15) is 17.2 Å². The van der Waals surface area contributed by atoms with Gasteiger partial charge in [0.05, 0.1) is 5.69 Å². The minimum absolute atomic E-state index is 0.332. The van der Waals surface area contributed by atoms with Crippen LogP contribution in [-0.2, 0) is 4.79 Å². The number of imidazole rings is 1. The second kappa shape index (κ2) is 5.14. The van der Waals surface area contributed by atoms with Crippen molar-refractivity contribution in [2.24, 2.45) is 0 Å². The molecule has 0 amide bonds. The summed E-state index contributed by atoms with van der Waals surface area (Å²) >= 11 is 0. The third-order valence-electron chi connectivity index (χ3n) is 2.97. The summed E-state index contributed by atoms with van der Waals surface area (Å²) < 4.78 is 7.15. The molecule has 0 fully saturated rings. The van der Waals surface area contributed by atoms with Gasteiger partial charge in [0.25, 0.3) is 0 Å². The highest BCUT2D eigenvalue weighted by Crippen LogP contribution is 2.20. The normalized spacial score (nSPS) is 10.5. The molecule has 1 N–H and O–H groups in total. The molecule has 1 aromatic heterocycles. The highest BCUT2D eigenvalue weighted by atomic mass is 16.5. The third-order valence-corrected chi connectivity index (χ3v) is 2.97. The van der Waals surface area contributed by atoms with E-state index >= 15 is 0 Å². The summed E-state index contributed by atoms with van der Waals surface area (Å²) in [5.41, 5.74) is 3.08. The molecule has 0 aliphatic heterocycles. The molecule has 19 heavy (non-hydrogen) atoms. The fourth-order valence-electron chi connectivity index (χ4n) is 2.00. The molecule has 0 unspecified atom stereocenters. The maximum atomic E-state index is 10.4. The summed E-state index contributed by atoms with van der Waals surface area (Å²) in [6, 6.07) is 7.29. The largest absolute Gasteiger partial charge is 0.482 e. The summed E-state index contributed by atoms with van der Waals surface area (Å²) in [5.74, 6) is 0.480. The Kier molecular flexibility index (Phi) is 3.55. The van der Waals surface area contributed by atoms with Crippen LogP contribution in [0.4, 0.5) is 0 Å². The van der Waals surface area contributed by atoms with Crippen molar-refractivity contribution in [1.82, 2.24) is 9.55 Å². The van der Waals surface area contributed by atoms with E-state index in [2.05, 4.69) is 9.55 Å². The Morgan fingerprint density at radius 1 is 1.26 bits per heavy atom. The lowest BCUT2D eigenvalue weighted by Gasteiger charge is -2.09. The summed E-state index contributed by atoms with van der Waals surface area (Å²) in [4.78, 5) is 14.8. The molecule has 0 atom stereocenters. The highest BCUT2D eigenvalue weighted by Gasteiger charge is 2.09. The quantitative estimate of drug-likeness (QED) is 0.915. The van der Waals surface area contributed by atoms with Crippen molar-refractivity contribution in [2.45, 2.75) is 20.8 Å². The van der Waals surface area contributed by atoms with Crippen LogP contribution < -0.4 is 4.74 Å². The summed E-state index contributed by atoms with van der Waals surface area (Å²) in [6.45, 7) is 5.61. The second-order valence-electron chi connectivity index (χ2n) is 4.34. The van der Waals surface area contributed by atoms with Gasteiger partial charge < -0.3 is 14.4 Å². The number of aromatic nitrogens is 2. The predicted octanol–water partition coefficient (Wildman–Crippen LogP) is 2.26. The van der Waals surface area contributed by atoms with E-state index < -0.39 is 5.97 Å². The molecule has 0 aliphatic carbocycles. The molecule has 5 heteroatoms. The van der Waals surface area contributed by atoms with Gasteiger partial charge in [-0.15, -0.1) is 0 Å². The number of aryl methyl sites for hydroxylation is 2. The van der Waals surface area contributed by atoms with Crippen LogP contribution in [0.25, 0.3) is 5.69 Å². The Bertz CT molecular complexity index is 600. The molecule has 0 bridgehead atoms. The van der Waals surface area contributed by atoms with Gasteiger partial charge in [-0.1, -0.05) is 0 Å². The van der Waals surface area contributed by atoms with Gasteiger partial charge in [0, 0.05) is 11.4 Å². The lowest BCUT2D eigenvalue weighted by Crippen LogP contribution is -2.09. The first kappa shape index (κ1) is 13.1. The summed E-state index contributed by atoms with van der Waals surface area (Å²) in [7, 11) is 0. The molecule has 1 aromatic carbocycles. The molecule has 0 saturated heterocycles. The molecule has 2 rings (SSSR count). The predicted molar refractivity (Wildman–Crippen MR) is 70.9 cm³/mol. The van der Waals surface area contributed by atoms with Gasteiger partial charge in [-0.3, -0.25) is 0 Å². The van der Waals surface area contributed by atoms with Crippen molar-refractivity contribution in [1.29, 1.82) is 0 Å². The van der Waals surface area contributed by atoms with E-state index in [1.807, 2.05) is 32.9 Å². The zero-order valence-corrected chi connectivity index (χ0v) is 11.2. The van der Waals surface area contributed by atoms with Crippen molar-refractivity contribution < 1.29 is 14.6 Å². The maximum absolute atomic E-state index is 10.4. The number of hydrogen-bond acceptors (Lipinski definition) is 3. The van der Waals surface area contributed by atoms with Gasteiger partial charge in [-0.2, -0.15) is 0 Å². The molecular formula is C14H16N2O3. The number of carboxylic acid groups (broad SMARTS) is 1. The number of benzene rings is 1. The minimum Gasteiger partial charge on any atom is -0.482 e. The first-order valence-corrected chi connectivity index (χ1v) is 5.96. The number of carboxylic acids is 1. The zero-order chi connectivity index (χ0) is 14.0. The Morgan fingerprint density at radius 3 is 2.37 bits per heavy atom. The number of hydrogen-bond donors (Lipinski definition) is 1. The van der Waals surface area contributed by atoms with Crippen LogP contribution in [0.5, 0.6) is 5.75 Å². The fraction of sp³-hybridized carbons (Fsp3) is 0.286. The number of rotatable bonds is 4. The van der Waals surface area contributed by atoms with E-state index in [1.54, 1.807) is 12.1 Å². The topological polar surface area (TPSA) is 64.4 Å². The lowest BCUT2D eigenvalue weighted by molar-refractivity contribution is -0.139. The number of ether oxygens (including phenoxy) is 1. The van der Waals surface area contributed by atoms with E-state index in [0.29, 0.717) is 5.75 Å². The van der Waals surface area contributed by atoms with E-state index in [9.17, 15) is 4.79 Å². The van der Waals surface area contributed by atoms with Gasteiger partial charge in [-0.25, -0.2) is 9.78 Å². The highest BCUT2D eigenvalue weighted by molar-refractivity contribution is 5.68. The molecule has 100 valence electrons. The average Bonchev–Trinajstić information content (AvgIpc) is 2.62. The maximum Gasteiger partial charge on any atom is 0.341 e. The third kappa shape index (κ3) is 2.76. The van der Waals surface area contributed by atoms with Gasteiger partial charge in [0.15, 0.2) is 6.61 Å². The van der Waals surface area contributed by atoms with Crippen LogP contribution in [-0.4, -0.2) is 27.2 Å². The van der Waals surface area contributed by atoms with Crippen LogP contribution in [0.15, 0.2) is 24.3 Å². The number of nitrogens with zero attached hydrogens (tertiary/aromatic N) is 2. The van der Waals surface area contributed by atoms with Gasteiger partial charge in [-0.05, 0) is 45.0 Å². The Balaban J connectivity index is 2.25. The molecular weight excluding hydrogens is 244 g/mol. The van der Waals surface area contributed by atoms with Gasteiger partial charge in [0.2, 0.25) is 0 Å². The standard InChI is InChI=1S/C14H16N2O3/c1-9-10(2)16(11(3)15-9)12-4-6-13(7-5-12)19-8-14(17)18/h4-7H,8H2,1-3H3,(H,17,18). The van der Waals surface area contributed by atoms with Crippen LogP contribution in [0, 0.1) is 20.8 Å². The van der Waals surface area contributed by atoms with E-state index in [4.69, 9.17) is 9.84 Å². The SMILES string of the molecule is Cc1nc(C)n(-c2ccc(OCC(=O)O)cc2)c1C. The van der Waals surface area contributed by atoms with Crippen molar-refractivity contribution in [3.8, 4) is 11.4 Å². The van der Waals surface area contributed by atoms with E-state index in [-0.39, 0.29) is 6.61 Å². The molecule has 0 radical (unpaired) electrons. The molecule has 2 aromatic rings. The van der Waals surface area contributed by atoms with Gasteiger partial charge >= 0.3 is 5.97 Å². The van der Waals surface area contributed by atoms with E-state index in [1.165, 1.54) is 0 Å². The second-order valence-corrected chi connectivity index (χ2v) is 4.34. The van der Waals surface area contributed by atoms with Crippen molar-refractivity contribution in [2.75, 3.05) is 6.61 Å². The first-order valence-electron chi connectivity index (χ1n) is 5.96. The molecule has 0 aliphatic rings. The van der Waals surface area contributed by atoms with Crippen molar-refractivity contribution in [3.05, 3.63) is 41.5 Å². The first-order chi connectivity index (χ1) is 8.99. The average molecular weight is 260 g/mol. The smallest absolute Gasteiger partial charge is 0.341 e.